The molecule has 0 unspecified atom stereocenters. The van der Waals surface area contributed by atoms with Gasteiger partial charge in [-0.15, -0.1) is 0 Å². The number of hydrogen-bond donors (Lipinski definition) is 1. The summed E-state index contributed by atoms with van der Waals surface area (Å²) in [5, 5.41) is 8.94. The maximum Gasteiger partial charge on any atom is 0.0925 e. The monoisotopic (exact) mass is 168 g/mol. The molecule has 0 saturated heterocycles. The van der Waals surface area contributed by atoms with Gasteiger partial charge in [0.05, 0.1) is 5.76 Å². The minimum atomic E-state index is 0.521. The third-order valence-corrected chi connectivity index (χ3v) is 1.67. The molecule has 0 spiro atoms. The Morgan fingerprint density at radius 3 is 2.08 bits per heavy atom. The van der Waals surface area contributed by atoms with Crippen molar-refractivity contribution >= 4 is 0 Å². The van der Waals surface area contributed by atoms with Crippen molar-refractivity contribution < 1.29 is 5.11 Å². The molecule has 12 heavy (non-hydrogen) atoms. The van der Waals surface area contributed by atoms with Crippen molar-refractivity contribution in [2.24, 2.45) is 0 Å². The van der Waals surface area contributed by atoms with Crippen molar-refractivity contribution in [2.45, 2.75) is 46.5 Å². The summed E-state index contributed by atoms with van der Waals surface area (Å²) in [7, 11) is 0. The molecule has 0 aromatic heterocycles. The third kappa shape index (κ3) is 5.00. The fourth-order valence-electron chi connectivity index (χ4n) is 0.964. The van der Waals surface area contributed by atoms with Crippen LogP contribution in [0.5, 0.6) is 0 Å². The molecule has 1 N–H and O–H groups in total. The maximum atomic E-state index is 8.94. The summed E-state index contributed by atoms with van der Waals surface area (Å²) in [4.78, 5) is 0. The molecule has 0 amide bonds. The fraction of sp³-hybridized carbons (Fsp3) is 0.636. The van der Waals surface area contributed by atoms with Gasteiger partial charge in [0.15, 0.2) is 0 Å². The maximum absolute atomic E-state index is 8.94. The Morgan fingerprint density at radius 1 is 1.17 bits per heavy atom. The Balaban J connectivity index is 0.000000354. The summed E-state index contributed by atoms with van der Waals surface area (Å²) in [6.45, 7) is 6.39. The highest BCUT2D eigenvalue weighted by atomic mass is 16.3. The molecule has 70 valence electrons. The predicted molar refractivity (Wildman–Crippen MR) is 54.3 cm³/mol. The van der Waals surface area contributed by atoms with Crippen molar-refractivity contribution in [1.82, 2.24) is 0 Å². The van der Waals surface area contributed by atoms with Crippen molar-refractivity contribution in [1.29, 1.82) is 0 Å². The van der Waals surface area contributed by atoms with Gasteiger partial charge >= 0.3 is 0 Å². The highest BCUT2D eigenvalue weighted by Crippen LogP contribution is 2.17. The smallest absolute Gasteiger partial charge is 0.0925 e. The molecule has 0 fully saturated rings. The van der Waals surface area contributed by atoms with E-state index >= 15 is 0 Å². The van der Waals surface area contributed by atoms with Crippen molar-refractivity contribution in [3.05, 3.63) is 23.5 Å². The first-order valence-corrected chi connectivity index (χ1v) is 4.82. The number of rotatable bonds is 1. The molecular weight excluding hydrogens is 148 g/mol. The Labute approximate surface area is 75.8 Å². The van der Waals surface area contributed by atoms with Gasteiger partial charge in [-0.1, -0.05) is 38.8 Å². The van der Waals surface area contributed by atoms with Crippen LogP contribution in [-0.4, -0.2) is 5.11 Å². The van der Waals surface area contributed by atoms with Crippen LogP contribution in [-0.2, 0) is 0 Å². The van der Waals surface area contributed by atoms with Gasteiger partial charge < -0.3 is 5.11 Å². The number of hydrogen-bond acceptors (Lipinski definition) is 1. The largest absolute Gasteiger partial charge is 0.512 e. The first-order chi connectivity index (χ1) is 5.74. The van der Waals surface area contributed by atoms with Gasteiger partial charge in [0.2, 0.25) is 0 Å². The normalized spacial score (nSPS) is 15.6. The molecular formula is C11H20O. The van der Waals surface area contributed by atoms with Crippen molar-refractivity contribution in [3.63, 3.8) is 0 Å². The predicted octanol–water partition coefficient (Wildman–Crippen LogP) is 3.97. The summed E-state index contributed by atoms with van der Waals surface area (Å²) < 4.78 is 0. The molecule has 1 heteroatoms. The molecule has 1 aliphatic carbocycles. The van der Waals surface area contributed by atoms with Crippen LogP contribution in [0, 0.1) is 0 Å². The van der Waals surface area contributed by atoms with Crippen LogP contribution in [0.2, 0.25) is 0 Å². The molecule has 0 bridgehead atoms. The minimum absolute atomic E-state index is 0.521. The summed E-state index contributed by atoms with van der Waals surface area (Å²) >= 11 is 0. The summed E-state index contributed by atoms with van der Waals surface area (Å²) in [5.74, 6) is 0.521. The van der Waals surface area contributed by atoms with Crippen LogP contribution >= 0.6 is 0 Å². The first kappa shape index (κ1) is 11.3. The van der Waals surface area contributed by atoms with Crippen molar-refractivity contribution in [3.8, 4) is 0 Å². The lowest BCUT2D eigenvalue weighted by molar-refractivity contribution is 0.385. The van der Waals surface area contributed by atoms with Crippen LogP contribution in [0.3, 0.4) is 0 Å². The molecule has 0 aliphatic heterocycles. The molecule has 1 aliphatic rings. The SMILES string of the molecule is CCC.CCC1=CC=C(O)CC1. The van der Waals surface area contributed by atoms with E-state index < -0.39 is 0 Å². The number of allylic oxidation sites excluding steroid dienone is 4. The van der Waals surface area contributed by atoms with E-state index in [0.29, 0.717) is 5.76 Å². The lowest BCUT2D eigenvalue weighted by Crippen LogP contribution is -1.90. The molecule has 0 radical (unpaired) electrons. The second-order valence-electron chi connectivity index (χ2n) is 3.04. The second-order valence-corrected chi connectivity index (χ2v) is 3.04. The van der Waals surface area contributed by atoms with E-state index in [9.17, 15) is 0 Å². The van der Waals surface area contributed by atoms with Gasteiger partial charge in [-0.3, -0.25) is 0 Å². The standard InChI is InChI=1S/C8H12O.C3H8/c1-2-7-3-5-8(9)6-4-7;1-3-2/h3,5,9H,2,4,6H2,1H3;3H2,1-2H3. The topological polar surface area (TPSA) is 20.2 Å². The number of aliphatic hydroxyl groups excluding tert-OH is 1. The summed E-state index contributed by atoms with van der Waals surface area (Å²) in [6.07, 6.45) is 8.05. The molecule has 0 atom stereocenters. The second kappa shape index (κ2) is 6.96. The van der Waals surface area contributed by atoms with Crippen LogP contribution in [0.15, 0.2) is 23.5 Å². The summed E-state index contributed by atoms with van der Waals surface area (Å²) in [6, 6.07) is 0. The van der Waals surface area contributed by atoms with Crippen LogP contribution in [0.25, 0.3) is 0 Å². The Bertz CT molecular complexity index is 166. The molecule has 0 aromatic rings. The zero-order valence-electron chi connectivity index (χ0n) is 8.43. The van der Waals surface area contributed by atoms with E-state index in [-0.39, 0.29) is 0 Å². The minimum Gasteiger partial charge on any atom is -0.512 e. The van der Waals surface area contributed by atoms with E-state index in [1.54, 1.807) is 6.08 Å². The van der Waals surface area contributed by atoms with E-state index in [1.807, 2.05) is 6.08 Å². The van der Waals surface area contributed by atoms with Gasteiger partial charge in [0.1, 0.15) is 0 Å². The van der Waals surface area contributed by atoms with E-state index in [2.05, 4.69) is 20.8 Å². The molecule has 0 aromatic carbocycles. The van der Waals surface area contributed by atoms with Gasteiger partial charge in [-0.05, 0) is 18.9 Å². The Kier molecular flexibility index (Phi) is 6.54. The quantitative estimate of drug-likeness (QED) is 0.628. The van der Waals surface area contributed by atoms with E-state index in [4.69, 9.17) is 5.11 Å². The highest BCUT2D eigenvalue weighted by Gasteiger charge is 2.01. The van der Waals surface area contributed by atoms with Crippen LogP contribution in [0.4, 0.5) is 0 Å². The molecule has 0 heterocycles. The molecule has 1 nitrogen and oxygen atoms in total. The number of aliphatic hydroxyl groups is 1. The molecule has 1 rings (SSSR count). The molecule has 0 saturated carbocycles. The Hall–Kier alpha value is -0.720. The van der Waals surface area contributed by atoms with E-state index in [0.717, 1.165) is 19.3 Å². The zero-order chi connectivity index (χ0) is 9.40. The lowest BCUT2D eigenvalue weighted by atomic mass is 10.0. The summed E-state index contributed by atoms with van der Waals surface area (Å²) in [5.41, 5.74) is 1.44. The zero-order valence-corrected chi connectivity index (χ0v) is 8.43. The van der Waals surface area contributed by atoms with Crippen LogP contribution in [0.1, 0.15) is 46.5 Å². The van der Waals surface area contributed by atoms with E-state index in [1.165, 1.54) is 12.0 Å². The van der Waals surface area contributed by atoms with Crippen molar-refractivity contribution in [2.75, 3.05) is 0 Å². The third-order valence-electron chi connectivity index (χ3n) is 1.67. The van der Waals surface area contributed by atoms with Gasteiger partial charge in [-0.2, -0.15) is 0 Å². The fourth-order valence-corrected chi connectivity index (χ4v) is 0.964. The van der Waals surface area contributed by atoms with Crippen LogP contribution < -0.4 is 0 Å². The first-order valence-electron chi connectivity index (χ1n) is 4.82. The highest BCUT2D eigenvalue weighted by molar-refractivity contribution is 5.19. The van der Waals surface area contributed by atoms with Gasteiger partial charge in [0, 0.05) is 6.42 Å². The van der Waals surface area contributed by atoms with Gasteiger partial charge in [0.25, 0.3) is 0 Å². The Morgan fingerprint density at radius 2 is 1.75 bits per heavy atom. The van der Waals surface area contributed by atoms with Gasteiger partial charge in [-0.25, -0.2) is 0 Å². The average Bonchev–Trinajstić information content (AvgIpc) is 2.07. The lowest BCUT2D eigenvalue weighted by Gasteiger charge is -2.07. The average molecular weight is 168 g/mol.